The van der Waals surface area contributed by atoms with Gasteiger partial charge in [0, 0.05) is 17.7 Å². The smallest absolute Gasteiger partial charge is 0.123 e. The second-order valence-electron chi connectivity index (χ2n) is 4.34. The molecule has 0 fully saturated rings. The molecule has 0 saturated carbocycles. The van der Waals surface area contributed by atoms with E-state index in [2.05, 4.69) is 0 Å². The molecule has 1 atom stereocenters. The van der Waals surface area contributed by atoms with Crippen molar-refractivity contribution < 1.29 is 14.2 Å². The minimum absolute atomic E-state index is 0.352. The molecule has 3 nitrogen and oxygen atoms in total. The van der Waals surface area contributed by atoms with Crippen LogP contribution in [0.3, 0.4) is 0 Å². The molecule has 2 aromatic rings. The molecule has 0 saturated heterocycles. The SMILES string of the molecule is COc1cccc(CC(O)c2cc(F)ccc2N)c1. The van der Waals surface area contributed by atoms with Gasteiger partial charge in [-0.15, -0.1) is 0 Å². The number of ether oxygens (including phenoxy) is 1. The number of hydrogen-bond donors (Lipinski definition) is 2. The topological polar surface area (TPSA) is 55.5 Å². The summed E-state index contributed by atoms with van der Waals surface area (Å²) in [6, 6.07) is 11.4. The van der Waals surface area contributed by atoms with Gasteiger partial charge in [-0.25, -0.2) is 4.39 Å². The van der Waals surface area contributed by atoms with Crippen LogP contribution in [0.15, 0.2) is 42.5 Å². The van der Waals surface area contributed by atoms with Crippen LogP contribution in [0.25, 0.3) is 0 Å². The van der Waals surface area contributed by atoms with Gasteiger partial charge in [-0.2, -0.15) is 0 Å². The molecular weight excluding hydrogens is 245 g/mol. The van der Waals surface area contributed by atoms with E-state index in [0.29, 0.717) is 17.7 Å². The van der Waals surface area contributed by atoms with Crippen molar-refractivity contribution in [2.45, 2.75) is 12.5 Å². The fraction of sp³-hybridized carbons (Fsp3) is 0.200. The van der Waals surface area contributed by atoms with Gasteiger partial charge in [-0.1, -0.05) is 12.1 Å². The predicted octanol–water partition coefficient (Wildman–Crippen LogP) is 2.69. The van der Waals surface area contributed by atoms with E-state index in [0.717, 1.165) is 11.3 Å². The summed E-state index contributed by atoms with van der Waals surface area (Å²) in [4.78, 5) is 0. The quantitative estimate of drug-likeness (QED) is 0.832. The van der Waals surface area contributed by atoms with E-state index in [1.54, 1.807) is 7.11 Å². The van der Waals surface area contributed by atoms with Crippen molar-refractivity contribution in [1.82, 2.24) is 0 Å². The number of benzene rings is 2. The molecule has 4 heteroatoms. The maximum absolute atomic E-state index is 13.2. The zero-order valence-electron chi connectivity index (χ0n) is 10.6. The van der Waals surface area contributed by atoms with Crippen LogP contribution in [0.5, 0.6) is 5.75 Å². The highest BCUT2D eigenvalue weighted by molar-refractivity contribution is 5.48. The summed E-state index contributed by atoms with van der Waals surface area (Å²) in [7, 11) is 1.58. The maximum Gasteiger partial charge on any atom is 0.123 e. The number of aliphatic hydroxyl groups is 1. The van der Waals surface area contributed by atoms with Gasteiger partial charge < -0.3 is 15.6 Å². The van der Waals surface area contributed by atoms with Gasteiger partial charge in [-0.3, -0.25) is 0 Å². The van der Waals surface area contributed by atoms with Crippen molar-refractivity contribution in [3.05, 3.63) is 59.4 Å². The van der Waals surface area contributed by atoms with Crippen LogP contribution in [0.1, 0.15) is 17.2 Å². The lowest BCUT2D eigenvalue weighted by Gasteiger charge is -2.14. The number of rotatable bonds is 4. The summed E-state index contributed by atoms with van der Waals surface area (Å²) < 4.78 is 18.3. The Morgan fingerprint density at radius 2 is 2.05 bits per heavy atom. The normalized spacial score (nSPS) is 12.2. The Hall–Kier alpha value is -2.07. The Labute approximate surface area is 111 Å². The lowest BCUT2D eigenvalue weighted by Crippen LogP contribution is -2.06. The van der Waals surface area contributed by atoms with Gasteiger partial charge in [-0.05, 0) is 35.9 Å². The molecule has 19 heavy (non-hydrogen) atoms. The summed E-state index contributed by atoms with van der Waals surface area (Å²) >= 11 is 0. The van der Waals surface area contributed by atoms with Gasteiger partial charge in [0.25, 0.3) is 0 Å². The molecule has 3 N–H and O–H groups in total. The molecule has 2 aromatic carbocycles. The summed E-state index contributed by atoms with van der Waals surface area (Å²) in [6.45, 7) is 0. The minimum Gasteiger partial charge on any atom is -0.497 e. The zero-order chi connectivity index (χ0) is 13.8. The van der Waals surface area contributed by atoms with Crippen LogP contribution in [0.4, 0.5) is 10.1 Å². The highest BCUT2D eigenvalue weighted by Crippen LogP contribution is 2.25. The molecule has 0 radical (unpaired) electrons. The maximum atomic E-state index is 13.2. The van der Waals surface area contributed by atoms with Gasteiger partial charge in [0.2, 0.25) is 0 Å². The van der Waals surface area contributed by atoms with Crippen LogP contribution in [0.2, 0.25) is 0 Å². The highest BCUT2D eigenvalue weighted by Gasteiger charge is 2.13. The first-order valence-electron chi connectivity index (χ1n) is 5.96. The van der Waals surface area contributed by atoms with Crippen LogP contribution in [-0.4, -0.2) is 12.2 Å². The van der Waals surface area contributed by atoms with Crippen LogP contribution < -0.4 is 10.5 Å². The number of hydrogen-bond acceptors (Lipinski definition) is 3. The first kappa shape index (κ1) is 13.4. The molecule has 0 aromatic heterocycles. The van der Waals surface area contributed by atoms with Crippen molar-refractivity contribution in [2.24, 2.45) is 0 Å². The van der Waals surface area contributed by atoms with Gasteiger partial charge in [0.15, 0.2) is 0 Å². The molecule has 0 bridgehead atoms. The van der Waals surface area contributed by atoms with E-state index in [-0.39, 0.29) is 0 Å². The third kappa shape index (κ3) is 3.23. The molecule has 100 valence electrons. The van der Waals surface area contributed by atoms with E-state index in [4.69, 9.17) is 10.5 Å². The van der Waals surface area contributed by atoms with Gasteiger partial charge >= 0.3 is 0 Å². The zero-order valence-corrected chi connectivity index (χ0v) is 10.6. The Morgan fingerprint density at radius 3 is 2.79 bits per heavy atom. The summed E-state index contributed by atoms with van der Waals surface area (Å²) in [5.74, 6) is 0.311. The molecule has 0 aliphatic carbocycles. The number of aliphatic hydroxyl groups excluding tert-OH is 1. The standard InChI is InChI=1S/C15H16FNO2/c1-19-12-4-2-3-10(7-12)8-15(18)13-9-11(16)5-6-14(13)17/h2-7,9,15,18H,8,17H2,1H3. The van der Waals surface area contributed by atoms with Gasteiger partial charge in [0.05, 0.1) is 13.2 Å². The van der Waals surface area contributed by atoms with Crippen molar-refractivity contribution in [2.75, 3.05) is 12.8 Å². The number of halogens is 1. The molecule has 0 spiro atoms. The summed E-state index contributed by atoms with van der Waals surface area (Å²) in [5.41, 5.74) is 7.44. The summed E-state index contributed by atoms with van der Waals surface area (Å²) in [6.07, 6.45) is -0.493. The Kier molecular flexibility index (Phi) is 4.02. The molecule has 2 rings (SSSR count). The first-order chi connectivity index (χ1) is 9.10. The lowest BCUT2D eigenvalue weighted by atomic mass is 10.00. The monoisotopic (exact) mass is 261 g/mol. The first-order valence-corrected chi connectivity index (χ1v) is 5.96. The van der Waals surface area contributed by atoms with Gasteiger partial charge in [0.1, 0.15) is 11.6 Å². The van der Waals surface area contributed by atoms with E-state index in [1.807, 2.05) is 24.3 Å². The number of methoxy groups -OCH3 is 1. The average molecular weight is 261 g/mol. The van der Waals surface area contributed by atoms with E-state index in [1.165, 1.54) is 18.2 Å². The van der Waals surface area contributed by atoms with Crippen molar-refractivity contribution in [3.8, 4) is 5.75 Å². The number of nitrogen functional groups attached to an aromatic ring is 1. The van der Waals surface area contributed by atoms with Crippen LogP contribution >= 0.6 is 0 Å². The number of nitrogens with two attached hydrogens (primary N) is 1. The third-order valence-corrected chi connectivity index (χ3v) is 2.97. The molecule has 0 aliphatic heterocycles. The second-order valence-corrected chi connectivity index (χ2v) is 4.34. The molecule has 0 heterocycles. The van der Waals surface area contributed by atoms with Crippen molar-refractivity contribution >= 4 is 5.69 Å². The fourth-order valence-electron chi connectivity index (χ4n) is 1.97. The third-order valence-electron chi connectivity index (χ3n) is 2.97. The van der Waals surface area contributed by atoms with E-state index >= 15 is 0 Å². The van der Waals surface area contributed by atoms with E-state index in [9.17, 15) is 9.50 Å². The Morgan fingerprint density at radius 1 is 1.26 bits per heavy atom. The average Bonchev–Trinajstić information content (AvgIpc) is 2.41. The Bertz CT molecular complexity index is 572. The highest BCUT2D eigenvalue weighted by atomic mass is 19.1. The lowest BCUT2D eigenvalue weighted by molar-refractivity contribution is 0.178. The molecule has 0 aliphatic rings. The summed E-state index contributed by atoms with van der Waals surface area (Å²) in [5, 5.41) is 10.2. The molecule has 1 unspecified atom stereocenters. The van der Waals surface area contributed by atoms with Crippen LogP contribution in [-0.2, 0) is 6.42 Å². The van der Waals surface area contributed by atoms with Crippen molar-refractivity contribution in [3.63, 3.8) is 0 Å². The predicted molar refractivity (Wildman–Crippen MR) is 72.5 cm³/mol. The van der Waals surface area contributed by atoms with E-state index < -0.39 is 11.9 Å². The Balaban J connectivity index is 2.20. The number of anilines is 1. The second kappa shape index (κ2) is 5.71. The fourth-order valence-corrected chi connectivity index (χ4v) is 1.97. The largest absolute Gasteiger partial charge is 0.497 e. The minimum atomic E-state index is -0.845. The van der Waals surface area contributed by atoms with Crippen LogP contribution in [0, 0.1) is 5.82 Å². The molecular formula is C15H16FNO2. The van der Waals surface area contributed by atoms with Crippen molar-refractivity contribution in [1.29, 1.82) is 0 Å². The molecule has 0 amide bonds.